The zero-order valence-electron chi connectivity index (χ0n) is 14.8. The van der Waals surface area contributed by atoms with Crippen LogP contribution in [-0.4, -0.2) is 46.2 Å². The lowest BCUT2D eigenvalue weighted by Crippen LogP contribution is -2.48. The average Bonchev–Trinajstić information content (AvgIpc) is 3.08. The highest BCUT2D eigenvalue weighted by atomic mass is 32.1. The number of nitrogens with zero attached hydrogens (tertiary/aromatic N) is 3. The number of anilines is 1. The van der Waals surface area contributed by atoms with E-state index in [4.69, 9.17) is 9.94 Å². The minimum absolute atomic E-state index is 0.0428. The number of oxime groups is 1. The Morgan fingerprint density at radius 2 is 2.25 bits per heavy atom. The molecule has 2 aliphatic rings. The summed E-state index contributed by atoms with van der Waals surface area (Å²) in [5, 5.41) is 15.3. The van der Waals surface area contributed by atoms with Crippen molar-refractivity contribution >= 4 is 44.2 Å². The summed E-state index contributed by atoms with van der Waals surface area (Å²) >= 11 is 1.09. The van der Waals surface area contributed by atoms with E-state index in [1.54, 1.807) is 4.90 Å². The van der Waals surface area contributed by atoms with Crippen LogP contribution in [0.5, 0.6) is 5.75 Å². The van der Waals surface area contributed by atoms with Crippen LogP contribution in [0.25, 0.3) is 21.1 Å². The molecule has 2 aliphatic heterocycles. The fourth-order valence-corrected chi connectivity index (χ4v) is 4.91. The molecule has 0 saturated carbocycles. The van der Waals surface area contributed by atoms with Gasteiger partial charge in [0.05, 0.1) is 23.5 Å². The van der Waals surface area contributed by atoms with E-state index in [1.165, 1.54) is 6.07 Å². The van der Waals surface area contributed by atoms with Crippen LogP contribution in [0.2, 0.25) is 0 Å². The minimum atomic E-state index is -0.620. The molecule has 1 aromatic carbocycles. The van der Waals surface area contributed by atoms with Gasteiger partial charge in [-0.2, -0.15) is 0 Å². The van der Waals surface area contributed by atoms with Gasteiger partial charge in [0.1, 0.15) is 22.5 Å². The van der Waals surface area contributed by atoms with Crippen molar-refractivity contribution in [3.05, 3.63) is 32.5 Å². The molecule has 11 heteroatoms. The molecule has 0 amide bonds. The Bertz CT molecular complexity index is 1280. The van der Waals surface area contributed by atoms with Gasteiger partial charge in [-0.25, -0.2) is 4.39 Å². The number of ether oxygens (including phenoxy) is 1. The highest BCUT2D eigenvalue weighted by Crippen LogP contribution is 2.43. The predicted octanol–water partition coefficient (Wildman–Crippen LogP) is 1.19. The first-order chi connectivity index (χ1) is 13.5. The molecule has 5 rings (SSSR count). The second kappa shape index (κ2) is 5.96. The first-order valence-electron chi connectivity index (χ1n) is 8.75. The highest BCUT2D eigenvalue weighted by molar-refractivity contribution is 7.12. The predicted molar refractivity (Wildman–Crippen MR) is 104 cm³/mol. The third-order valence-electron chi connectivity index (χ3n) is 5.19. The lowest BCUT2D eigenvalue weighted by atomic mass is 10.1. The van der Waals surface area contributed by atoms with Gasteiger partial charge in [-0.15, -0.1) is 0 Å². The van der Waals surface area contributed by atoms with Crippen LogP contribution in [0.1, 0.15) is 13.0 Å². The van der Waals surface area contributed by atoms with Gasteiger partial charge < -0.3 is 24.7 Å². The van der Waals surface area contributed by atoms with Crippen molar-refractivity contribution in [3.8, 4) is 5.75 Å². The average molecular weight is 405 g/mol. The number of hydrogen-bond donors (Lipinski definition) is 3. The highest BCUT2D eigenvalue weighted by Gasteiger charge is 2.32. The van der Waals surface area contributed by atoms with Crippen molar-refractivity contribution in [1.29, 1.82) is 0 Å². The van der Waals surface area contributed by atoms with Crippen molar-refractivity contribution in [2.75, 3.05) is 31.1 Å². The van der Waals surface area contributed by atoms with E-state index in [0.29, 0.717) is 29.3 Å². The molecule has 2 aromatic heterocycles. The SMILES string of the molecule is C[C@H]1COc2c(N3CCNC(=NO)C3)c(F)cc3c(=O)c4c(=O)[nH]sc4n1c23. The second-order valence-electron chi connectivity index (χ2n) is 6.90. The number of halogens is 1. The third kappa shape index (κ3) is 2.19. The van der Waals surface area contributed by atoms with Crippen LogP contribution in [-0.2, 0) is 0 Å². The lowest BCUT2D eigenvalue weighted by molar-refractivity contribution is 0.250. The first kappa shape index (κ1) is 17.0. The fourth-order valence-electron chi connectivity index (χ4n) is 3.96. The number of hydrogen-bond acceptors (Lipinski definition) is 7. The van der Waals surface area contributed by atoms with Gasteiger partial charge in [0.25, 0.3) is 5.56 Å². The van der Waals surface area contributed by atoms with Gasteiger partial charge in [-0.3, -0.25) is 14.0 Å². The van der Waals surface area contributed by atoms with Crippen LogP contribution in [0.4, 0.5) is 10.1 Å². The number of H-pyrrole nitrogens is 1. The quantitative estimate of drug-likeness (QED) is 0.414. The van der Waals surface area contributed by atoms with Crippen molar-refractivity contribution in [1.82, 2.24) is 14.3 Å². The Hall–Kier alpha value is -3.08. The Kier molecular flexibility index (Phi) is 3.63. The topological polar surface area (TPSA) is 112 Å². The Balaban J connectivity index is 1.89. The number of amidine groups is 1. The van der Waals surface area contributed by atoms with Crippen molar-refractivity contribution in [2.45, 2.75) is 13.0 Å². The summed E-state index contributed by atoms with van der Waals surface area (Å²) < 4.78 is 25.6. The van der Waals surface area contributed by atoms with Crippen LogP contribution in [0.3, 0.4) is 0 Å². The molecule has 0 aliphatic carbocycles. The summed E-state index contributed by atoms with van der Waals surface area (Å²) in [6.45, 7) is 3.31. The van der Waals surface area contributed by atoms with E-state index in [2.05, 4.69) is 14.8 Å². The third-order valence-corrected chi connectivity index (χ3v) is 6.07. The molecule has 28 heavy (non-hydrogen) atoms. The number of piperazine rings is 1. The molecule has 0 radical (unpaired) electrons. The number of aromatic nitrogens is 2. The van der Waals surface area contributed by atoms with Gasteiger partial charge in [0, 0.05) is 13.1 Å². The maximum Gasteiger partial charge on any atom is 0.271 e. The van der Waals surface area contributed by atoms with Crippen molar-refractivity contribution < 1.29 is 14.3 Å². The van der Waals surface area contributed by atoms with Gasteiger partial charge in [0.15, 0.2) is 17.4 Å². The largest absolute Gasteiger partial charge is 0.487 e. The second-order valence-corrected chi connectivity index (χ2v) is 7.69. The first-order valence-corrected chi connectivity index (χ1v) is 9.57. The van der Waals surface area contributed by atoms with E-state index in [0.717, 1.165) is 11.5 Å². The minimum Gasteiger partial charge on any atom is -0.487 e. The molecular weight excluding hydrogens is 389 g/mol. The number of benzene rings is 1. The zero-order valence-corrected chi connectivity index (χ0v) is 15.6. The van der Waals surface area contributed by atoms with E-state index in [-0.39, 0.29) is 41.4 Å². The number of pyridine rings is 1. The monoisotopic (exact) mass is 405 g/mol. The molecular formula is C17H16FN5O4S. The standard InChI is InChI=1S/C17H16FN5O4S/c1-7-6-27-15-12-8(14(24)11-16(25)21-28-17(11)23(7)12)4-9(18)13(15)22-3-2-19-10(5-22)20-26/h4,7,26H,2-3,5-6H2,1H3,(H,19,20)(H,21,25)/t7-/m0/s1. The van der Waals surface area contributed by atoms with Gasteiger partial charge in [0.2, 0.25) is 5.43 Å². The van der Waals surface area contributed by atoms with Gasteiger partial charge in [-0.05, 0) is 24.5 Å². The summed E-state index contributed by atoms with van der Waals surface area (Å²) in [6, 6.07) is 1.03. The number of rotatable bonds is 1. The summed E-state index contributed by atoms with van der Waals surface area (Å²) in [7, 11) is 0. The molecule has 3 aromatic rings. The van der Waals surface area contributed by atoms with E-state index in [9.17, 15) is 9.59 Å². The van der Waals surface area contributed by atoms with Gasteiger partial charge >= 0.3 is 0 Å². The Labute approximate surface area is 160 Å². The molecule has 146 valence electrons. The normalized spacial score (nSPS) is 20.6. The van der Waals surface area contributed by atoms with Crippen LogP contribution < -0.4 is 25.9 Å². The maximum atomic E-state index is 15.2. The summed E-state index contributed by atoms with van der Waals surface area (Å²) in [5.41, 5.74) is -0.279. The Morgan fingerprint density at radius 1 is 1.43 bits per heavy atom. The molecule has 3 N–H and O–H groups in total. The van der Waals surface area contributed by atoms with Crippen molar-refractivity contribution in [3.63, 3.8) is 0 Å². The van der Waals surface area contributed by atoms with E-state index < -0.39 is 16.8 Å². The smallest absolute Gasteiger partial charge is 0.271 e. The molecule has 4 heterocycles. The van der Waals surface area contributed by atoms with E-state index in [1.807, 2.05) is 11.5 Å². The Morgan fingerprint density at radius 3 is 3.04 bits per heavy atom. The molecule has 1 atom stereocenters. The summed E-state index contributed by atoms with van der Waals surface area (Å²) in [6.07, 6.45) is 0. The van der Waals surface area contributed by atoms with Crippen LogP contribution in [0.15, 0.2) is 20.8 Å². The molecule has 0 spiro atoms. The summed E-state index contributed by atoms with van der Waals surface area (Å²) in [4.78, 5) is 27.3. The van der Waals surface area contributed by atoms with Crippen molar-refractivity contribution in [2.24, 2.45) is 5.16 Å². The van der Waals surface area contributed by atoms with Crippen LogP contribution >= 0.6 is 11.5 Å². The molecule has 0 bridgehead atoms. The molecule has 1 saturated heterocycles. The van der Waals surface area contributed by atoms with Gasteiger partial charge in [-0.1, -0.05) is 5.16 Å². The molecule has 9 nitrogen and oxygen atoms in total. The van der Waals surface area contributed by atoms with Crippen LogP contribution in [0, 0.1) is 5.82 Å². The zero-order chi connectivity index (χ0) is 19.6. The maximum absolute atomic E-state index is 15.2. The molecule has 0 unspecified atom stereocenters. The number of aromatic amines is 1. The number of fused-ring (bicyclic) bond motifs is 2. The molecule has 1 fully saturated rings. The fraction of sp³-hybridized carbons (Fsp3) is 0.353. The lowest BCUT2D eigenvalue weighted by Gasteiger charge is -2.34. The van der Waals surface area contributed by atoms with E-state index >= 15 is 4.39 Å². The number of nitrogens with one attached hydrogen (secondary N) is 2. The summed E-state index contributed by atoms with van der Waals surface area (Å²) in [5.74, 6) is -0.0307.